The quantitative estimate of drug-likeness (QED) is 0.460. The van der Waals surface area contributed by atoms with E-state index in [0.717, 1.165) is 15.7 Å². The van der Waals surface area contributed by atoms with E-state index in [1.807, 2.05) is 48.5 Å². The first kappa shape index (κ1) is 20.3. The molecule has 2 unspecified atom stereocenters. The zero-order valence-electron chi connectivity index (χ0n) is 15.9. The van der Waals surface area contributed by atoms with Gasteiger partial charge in [-0.3, -0.25) is 0 Å². The normalized spacial score (nSPS) is 20.1. The maximum Gasteiger partial charge on any atom is 0.416 e. The Hall–Kier alpha value is -2.02. The van der Waals surface area contributed by atoms with E-state index >= 15 is 0 Å². The van der Waals surface area contributed by atoms with E-state index in [1.54, 1.807) is 7.11 Å². The first-order valence-corrected chi connectivity index (χ1v) is 10.3. The van der Waals surface area contributed by atoms with Gasteiger partial charge in [0, 0.05) is 23.3 Å². The molecule has 0 bridgehead atoms. The minimum Gasteiger partial charge on any atom is -0.356 e. The van der Waals surface area contributed by atoms with Crippen molar-refractivity contribution < 1.29 is 22.6 Å². The summed E-state index contributed by atoms with van der Waals surface area (Å²) in [6, 6.07) is 18.3. The molecule has 1 aliphatic heterocycles. The molecule has 0 amide bonds. The smallest absolute Gasteiger partial charge is 0.356 e. The summed E-state index contributed by atoms with van der Waals surface area (Å²) >= 11 is 1.35. The Bertz CT molecular complexity index is 1000. The number of benzene rings is 3. The van der Waals surface area contributed by atoms with Gasteiger partial charge in [-0.05, 0) is 59.0 Å². The fraction of sp³-hybridized carbons (Fsp3) is 0.304. The van der Waals surface area contributed by atoms with E-state index in [2.05, 4.69) is 0 Å². The molecule has 4 rings (SSSR count). The highest BCUT2D eigenvalue weighted by molar-refractivity contribution is 7.99. The minimum absolute atomic E-state index is 0.0213. The molecule has 0 radical (unpaired) electrons. The van der Waals surface area contributed by atoms with Crippen LogP contribution in [-0.2, 0) is 15.7 Å². The maximum atomic E-state index is 13.5. The second-order valence-corrected chi connectivity index (χ2v) is 8.30. The Labute approximate surface area is 172 Å². The lowest BCUT2D eigenvalue weighted by molar-refractivity contribution is -0.150. The number of methoxy groups -OCH3 is 1. The number of hydrogen-bond acceptors (Lipinski definition) is 3. The molecule has 3 aromatic rings. The highest BCUT2D eigenvalue weighted by atomic mass is 32.2. The van der Waals surface area contributed by atoms with Crippen molar-refractivity contribution in [2.75, 3.05) is 13.7 Å². The van der Waals surface area contributed by atoms with E-state index in [9.17, 15) is 13.2 Å². The lowest BCUT2D eigenvalue weighted by Gasteiger charge is -2.29. The Morgan fingerprint density at radius 1 is 0.966 bits per heavy atom. The second kappa shape index (κ2) is 8.38. The van der Waals surface area contributed by atoms with Gasteiger partial charge in [0.2, 0.25) is 0 Å². The van der Waals surface area contributed by atoms with Crippen LogP contribution in [0.2, 0.25) is 0 Å². The molecule has 0 saturated carbocycles. The average Bonchev–Trinajstić information content (AvgIpc) is 2.73. The fourth-order valence-electron chi connectivity index (χ4n) is 3.67. The summed E-state index contributed by atoms with van der Waals surface area (Å²) in [5.41, 5.74) is 0.0761. The SMILES string of the molecule is COC1CC(c2cc(Sc3ccc4ccccc4c3)cc(C(F)(F)F)c2)CCO1. The van der Waals surface area contributed by atoms with Crippen molar-refractivity contribution in [2.45, 2.75) is 41.0 Å². The standard InChI is InChI=1S/C23H21F3O2S/c1-27-22-13-17(8-9-28-22)18-10-19(23(24,25)26)14-21(12-18)29-20-7-6-15-4-2-3-5-16(15)11-20/h2-7,10-12,14,17,22H,8-9,13H2,1H3. The molecule has 1 fully saturated rings. The van der Waals surface area contributed by atoms with Crippen molar-refractivity contribution in [3.63, 3.8) is 0 Å². The van der Waals surface area contributed by atoms with Crippen molar-refractivity contribution in [1.82, 2.24) is 0 Å². The van der Waals surface area contributed by atoms with Crippen LogP contribution in [0.5, 0.6) is 0 Å². The van der Waals surface area contributed by atoms with Gasteiger partial charge >= 0.3 is 6.18 Å². The fourth-order valence-corrected chi connectivity index (χ4v) is 4.65. The summed E-state index contributed by atoms with van der Waals surface area (Å²) < 4.78 is 51.4. The van der Waals surface area contributed by atoms with Gasteiger partial charge in [-0.15, -0.1) is 0 Å². The van der Waals surface area contributed by atoms with Crippen LogP contribution in [0.3, 0.4) is 0 Å². The first-order chi connectivity index (χ1) is 13.9. The summed E-state index contributed by atoms with van der Waals surface area (Å²) in [6.07, 6.45) is -3.53. The summed E-state index contributed by atoms with van der Waals surface area (Å²) in [5, 5.41) is 2.17. The Morgan fingerprint density at radius 3 is 2.52 bits per heavy atom. The summed E-state index contributed by atoms with van der Waals surface area (Å²) in [5.74, 6) is -0.0213. The van der Waals surface area contributed by atoms with Gasteiger partial charge in [0.25, 0.3) is 0 Å². The molecule has 0 aromatic heterocycles. The molecule has 2 atom stereocenters. The average molecular weight is 418 g/mol. The molecular formula is C23H21F3O2S. The monoisotopic (exact) mass is 418 g/mol. The van der Waals surface area contributed by atoms with Crippen LogP contribution < -0.4 is 0 Å². The highest BCUT2D eigenvalue weighted by Gasteiger charge is 2.33. The molecule has 1 heterocycles. The highest BCUT2D eigenvalue weighted by Crippen LogP contribution is 2.40. The number of ether oxygens (including phenoxy) is 2. The van der Waals surface area contributed by atoms with Crippen molar-refractivity contribution in [1.29, 1.82) is 0 Å². The third-order valence-corrected chi connectivity index (χ3v) is 6.16. The number of fused-ring (bicyclic) bond motifs is 1. The van der Waals surface area contributed by atoms with Crippen molar-refractivity contribution >= 4 is 22.5 Å². The van der Waals surface area contributed by atoms with E-state index in [4.69, 9.17) is 9.47 Å². The van der Waals surface area contributed by atoms with Crippen LogP contribution in [-0.4, -0.2) is 20.0 Å². The second-order valence-electron chi connectivity index (χ2n) is 7.16. The molecule has 1 aliphatic rings. The van der Waals surface area contributed by atoms with Crippen molar-refractivity contribution in [3.8, 4) is 0 Å². The number of alkyl halides is 3. The summed E-state index contributed by atoms with van der Waals surface area (Å²) in [6.45, 7) is 0.479. The van der Waals surface area contributed by atoms with Crippen LogP contribution in [0.1, 0.15) is 29.9 Å². The van der Waals surface area contributed by atoms with E-state index in [0.29, 0.717) is 29.9 Å². The van der Waals surface area contributed by atoms with Gasteiger partial charge in [0.05, 0.1) is 12.2 Å². The molecule has 0 N–H and O–H groups in total. The van der Waals surface area contributed by atoms with Gasteiger partial charge in [-0.2, -0.15) is 13.2 Å². The van der Waals surface area contributed by atoms with Gasteiger partial charge < -0.3 is 9.47 Å². The van der Waals surface area contributed by atoms with Gasteiger partial charge in [-0.25, -0.2) is 0 Å². The third kappa shape index (κ3) is 4.77. The summed E-state index contributed by atoms with van der Waals surface area (Å²) in [4.78, 5) is 1.50. The van der Waals surface area contributed by atoms with E-state index in [-0.39, 0.29) is 12.2 Å². The Balaban J connectivity index is 1.67. The third-order valence-electron chi connectivity index (χ3n) is 5.19. The molecular weight excluding hydrogens is 397 g/mol. The maximum absolute atomic E-state index is 13.5. The van der Waals surface area contributed by atoms with Crippen LogP contribution in [0, 0.1) is 0 Å². The van der Waals surface area contributed by atoms with Crippen LogP contribution >= 0.6 is 11.8 Å². The molecule has 152 valence electrons. The zero-order valence-corrected chi connectivity index (χ0v) is 16.7. The number of halogens is 3. The lowest BCUT2D eigenvalue weighted by atomic mass is 9.90. The zero-order chi connectivity index (χ0) is 20.4. The topological polar surface area (TPSA) is 18.5 Å². The molecule has 6 heteroatoms. The van der Waals surface area contributed by atoms with Crippen molar-refractivity contribution in [3.05, 3.63) is 71.8 Å². The van der Waals surface area contributed by atoms with Crippen LogP contribution in [0.15, 0.2) is 70.5 Å². The lowest BCUT2D eigenvalue weighted by Crippen LogP contribution is -2.26. The molecule has 3 aromatic carbocycles. The first-order valence-electron chi connectivity index (χ1n) is 9.45. The van der Waals surface area contributed by atoms with Crippen LogP contribution in [0.4, 0.5) is 13.2 Å². The number of hydrogen-bond donors (Lipinski definition) is 0. The van der Waals surface area contributed by atoms with Crippen LogP contribution in [0.25, 0.3) is 10.8 Å². The van der Waals surface area contributed by atoms with E-state index in [1.165, 1.54) is 23.9 Å². The van der Waals surface area contributed by atoms with Gasteiger partial charge in [-0.1, -0.05) is 42.1 Å². The molecule has 2 nitrogen and oxygen atoms in total. The van der Waals surface area contributed by atoms with E-state index < -0.39 is 11.7 Å². The largest absolute Gasteiger partial charge is 0.416 e. The predicted molar refractivity (Wildman–Crippen MR) is 108 cm³/mol. The number of rotatable bonds is 4. The minimum atomic E-state index is -4.39. The van der Waals surface area contributed by atoms with Crippen molar-refractivity contribution in [2.24, 2.45) is 0 Å². The summed E-state index contributed by atoms with van der Waals surface area (Å²) in [7, 11) is 1.56. The molecule has 0 aliphatic carbocycles. The molecule has 1 saturated heterocycles. The Kier molecular flexibility index (Phi) is 5.86. The molecule has 29 heavy (non-hydrogen) atoms. The van der Waals surface area contributed by atoms with Gasteiger partial charge in [0.15, 0.2) is 6.29 Å². The predicted octanol–water partition coefficient (Wildman–Crippen LogP) is 6.88. The Morgan fingerprint density at radius 2 is 1.76 bits per heavy atom. The van der Waals surface area contributed by atoms with Gasteiger partial charge in [0.1, 0.15) is 0 Å². The molecule has 0 spiro atoms.